The summed E-state index contributed by atoms with van der Waals surface area (Å²) < 4.78 is 16.1. The summed E-state index contributed by atoms with van der Waals surface area (Å²) in [7, 11) is 0. The molecule has 12 aromatic rings. The van der Waals surface area contributed by atoms with Crippen LogP contribution < -0.4 is 14.4 Å². The second-order valence-corrected chi connectivity index (χ2v) is 20.5. The molecule has 0 saturated heterocycles. The number of ether oxygens (including phenoxy) is 2. The second kappa shape index (κ2) is 14.8. The second-order valence-electron chi connectivity index (χ2n) is 19.4. The molecule has 2 aliphatic heterocycles. The number of anilines is 3. The van der Waals surface area contributed by atoms with Gasteiger partial charge in [0.25, 0.3) is 0 Å². The van der Waals surface area contributed by atoms with Crippen molar-refractivity contribution in [2.75, 3.05) is 4.90 Å². The van der Waals surface area contributed by atoms with Crippen molar-refractivity contribution in [3.8, 4) is 56.4 Å². The maximum Gasteiger partial charge on any atom is 0.132 e. The van der Waals surface area contributed by atoms with Crippen molar-refractivity contribution in [3.63, 3.8) is 0 Å². The van der Waals surface area contributed by atoms with E-state index >= 15 is 0 Å². The molecular weight excluding hydrogens is 895 g/mol. The zero-order chi connectivity index (χ0) is 47.1. The number of thiophene rings is 1. The first-order valence-corrected chi connectivity index (χ1v) is 25.5. The summed E-state index contributed by atoms with van der Waals surface area (Å²) in [5.41, 5.74) is 19.0. The number of hydrogen-bond donors (Lipinski definition) is 0. The van der Waals surface area contributed by atoms with Gasteiger partial charge in [-0.15, -0.1) is 11.3 Å². The van der Waals surface area contributed by atoms with E-state index in [0.717, 1.165) is 62.3 Å². The third-order valence-corrected chi connectivity index (χ3v) is 17.1. The quantitative estimate of drug-likeness (QED) is 0.176. The van der Waals surface area contributed by atoms with Crippen LogP contribution in [0.2, 0.25) is 0 Å². The van der Waals surface area contributed by atoms with Crippen LogP contribution in [0, 0.1) is 0 Å². The Kier molecular flexibility index (Phi) is 8.18. The van der Waals surface area contributed by atoms with Gasteiger partial charge in [-0.1, -0.05) is 182 Å². The van der Waals surface area contributed by atoms with E-state index < -0.39 is 10.8 Å². The molecule has 16 rings (SSSR count). The van der Waals surface area contributed by atoms with Gasteiger partial charge in [0, 0.05) is 59.4 Å². The van der Waals surface area contributed by atoms with Crippen molar-refractivity contribution in [2.24, 2.45) is 0 Å². The average Bonchev–Trinajstić information content (AvgIpc) is 4.07. The van der Waals surface area contributed by atoms with Gasteiger partial charge in [-0.3, -0.25) is 0 Å². The van der Waals surface area contributed by atoms with E-state index in [0.29, 0.717) is 0 Å². The molecular formula is C68H41NO2S. The van der Waals surface area contributed by atoms with Gasteiger partial charge in [-0.2, -0.15) is 0 Å². The van der Waals surface area contributed by atoms with Crippen LogP contribution in [-0.4, -0.2) is 0 Å². The lowest BCUT2D eigenvalue weighted by atomic mass is 9.66. The molecule has 4 aliphatic rings. The van der Waals surface area contributed by atoms with Gasteiger partial charge in [-0.05, 0) is 117 Å². The Morgan fingerprint density at radius 3 is 1.43 bits per heavy atom. The molecule has 11 aromatic carbocycles. The molecule has 4 heteroatoms. The Hall–Kier alpha value is -8.96. The molecule has 3 heterocycles. The van der Waals surface area contributed by atoms with E-state index in [1.54, 1.807) is 0 Å². The predicted molar refractivity (Wildman–Crippen MR) is 294 cm³/mol. The van der Waals surface area contributed by atoms with Crippen LogP contribution in [0.3, 0.4) is 0 Å². The Bertz CT molecular complexity index is 4170. The molecule has 0 atom stereocenters. The van der Waals surface area contributed by atoms with Crippen LogP contribution in [0.15, 0.2) is 249 Å². The van der Waals surface area contributed by atoms with E-state index in [1.165, 1.54) is 75.8 Å². The lowest BCUT2D eigenvalue weighted by Gasteiger charge is -2.39. The van der Waals surface area contributed by atoms with Gasteiger partial charge in [0.15, 0.2) is 0 Å². The molecule has 0 bridgehead atoms. The summed E-state index contributed by atoms with van der Waals surface area (Å²) in [4.78, 5) is 2.50. The van der Waals surface area contributed by atoms with E-state index in [4.69, 9.17) is 9.47 Å². The van der Waals surface area contributed by atoms with Crippen LogP contribution >= 0.6 is 11.3 Å². The number of benzene rings is 11. The first kappa shape index (κ1) is 39.8. The Balaban J connectivity index is 0.944. The largest absolute Gasteiger partial charge is 0.457 e. The highest BCUT2D eigenvalue weighted by Crippen LogP contribution is 2.66. The fourth-order valence-electron chi connectivity index (χ4n) is 13.2. The highest BCUT2D eigenvalue weighted by molar-refractivity contribution is 7.25. The fourth-order valence-corrected chi connectivity index (χ4v) is 14.3. The number of rotatable bonds is 4. The maximum absolute atomic E-state index is 6.74. The van der Waals surface area contributed by atoms with Gasteiger partial charge in [0.2, 0.25) is 0 Å². The molecule has 3 nitrogen and oxygen atoms in total. The zero-order valence-corrected chi connectivity index (χ0v) is 39.7. The number of hydrogen-bond acceptors (Lipinski definition) is 4. The van der Waals surface area contributed by atoms with Crippen LogP contribution in [-0.2, 0) is 10.8 Å². The number of fused-ring (bicyclic) bond motifs is 21. The molecule has 0 fully saturated rings. The zero-order valence-electron chi connectivity index (χ0n) is 38.8. The summed E-state index contributed by atoms with van der Waals surface area (Å²) in [6.07, 6.45) is 0. The van der Waals surface area contributed by atoms with Crippen molar-refractivity contribution in [3.05, 3.63) is 293 Å². The van der Waals surface area contributed by atoms with Crippen LogP contribution in [0.4, 0.5) is 17.1 Å². The molecule has 0 N–H and O–H groups in total. The molecule has 2 aliphatic carbocycles. The third-order valence-electron chi connectivity index (χ3n) is 16.0. The Morgan fingerprint density at radius 2 is 0.778 bits per heavy atom. The van der Waals surface area contributed by atoms with Crippen LogP contribution in [0.5, 0.6) is 23.0 Å². The first-order valence-electron chi connectivity index (χ1n) is 24.7. The number of nitrogens with zero attached hydrogens (tertiary/aromatic N) is 1. The van der Waals surface area contributed by atoms with Crippen molar-refractivity contribution in [1.82, 2.24) is 0 Å². The first-order chi connectivity index (χ1) is 35.7. The maximum atomic E-state index is 6.74. The van der Waals surface area contributed by atoms with Gasteiger partial charge in [0.05, 0.1) is 16.5 Å². The van der Waals surface area contributed by atoms with Crippen LogP contribution in [0.25, 0.3) is 53.6 Å². The van der Waals surface area contributed by atoms with Gasteiger partial charge in [-0.25, -0.2) is 0 Å². The SMILES string of the molecule is c1ccc2c(c1)Oc1ccccc1C21c2ccccc2-c2cc(N(c3ccc(-c4ccc5c(c4)sc4ccccc45)cc3)c3cccc4c3-c3ccccc3C43c4ccccc4Oc4ccccc43)ccc21. The normalized spacial score (nSPS) is 14.3. The monoisotopic (exact) mass is 935 g/mol. The van der Waals surface area contributed by atoms with Gasteiger partial charge < -0.3 is 14.4 Å². The summed E-state index contributed by atoms with van der Waals surface area (Å²) in [6.45, 7) is 0. The molecule has 0 saturated carbocycles. The van der Waals surface area contributed by atoms with Gasteiger partial charge >= 0.3 is 0 Å². The smallest absolute Gasteiger partial charge is 0.132 e. The van der Waals surface area contributed by atoms with E-state index in [2.05, 4.69) is 254 Å². The number of para-hydroxylation sites is 4. The molecule has 0 amide bonds. The summed E-state index contributed by atoms with van der Waals surface area (Å²) >= 11 is 1.86. The topological polar surface area (TPSA) is 21.7 Å². The third kappa shape index (κ3) is 5.18. The minimum atomic E-state index is -0.610. The molecule has 1 aromatic heterocycles. The summed E-state index contributed by atoms with van der Waals surface area (Å²) in [5, 5.41) is 2.62. The minimum absolute atomic E-state index is 0.568. The average molecular weight is 936 g/mol. The van der Waals surface area contributed by atoms with Crippen LogP contribution in [0.1, 0.15) is 44.5 Å². The Morgan fingerprint density at radius 1 is 0.306 bits per heavy atom. The van der Waals surface area contributed by atoms with Crippen molar-refractivity contribution in [2.45, 2.75) is 10.8 Å². The molecule has 2 spiro atoms. The molecule has 0 unspecified atom stereocenters. The van der Waals surface area contributed by atoms with E-state index in [-0.39, 0.29) is 0 Å². The van der Waals surface area contributed by atoms with E-state index in [1.807, 2.05) is 11.3 Å². The summed E-state index contributed by atoms with van der Waals surface area (Å²) in [5.74, 6) is 3.54. The van der Waals surface area contributed by atoms with E-state index in [9.17, 15) is 0 Å². The minimum Gasteiger partial charge on any atom is -0.457 e. The van der Waals surface area contributed by atoms with Gasteiger partial charge in [0.1, 0.15) is 23.0 Å². The summed E-state index contributed by atoms with van der Waals surface area (Å²) in [6, 6.07) is 91.5. The molecule has 336 valence electrons. The fraction of sp³-hybridized carbons (Fsp3) is 0.0294. The Labute approximate surface area is 421 Å². The molecule has 72 heavy (non-hydrogen) atoms. The highest BCUT2D eigenvalue weighted by Gasteiger charge is 2.53. The standard InChI is InChI=1S/C68H41NO2S/c1-4-19-51-46(16-1)50-41-45(37-39-53(50)67(51)54-21-6-10-27-60(54)70-61-28-11-7-22-55(61)67)69(44-35-32-42(33-36-44)43-34-38-48-47-17-3-14-31-64(47)72-65(48)40-43)59-26-15-25-58-66(59)49-18-2-5-20-52(49)68(58)56-23-8-12-29-62(56)71-63-30-13-9-24-57(63)68/h1-41H. The lowest BCUT2D eigenvalue weighted by molar-refractivity contribution is 0.436. The van der Waals surface area contributed by atoms with Crippen molar-refractivity contribution in [1.29, 1.82) is 0 Å². The highest BCUT2D eigenvalue weighted by atomic mass is 32.1. The van der Waals surface area contributed by atoms with Crippen molar-refractivity contribution >= 4 is 48.6 Å². The molecule has 0 radical (unpaired) electrons. The van der Waals surface area contributed by atoms with Crippen molar-refractivity contribution < 1.29 is 9.47 Å². The lowest BCUT2D eigenvalue weighted by Crippen LogP contribution is -2.32. The predicted octanol–water partition coefficient (Wildman–Crippen LogP) is 18.1.